The quantitative estimate of drug-likeness (QED) is 0.556. The smallest absolute Gasteiger partial charge is 0.203 e. The van der Waals surface area contributed by atoms with Gasteiger partial charge in [-0.05, 0) is 30.7 Å². The standard InChI is InChI=1S/C15H16N6OS/c1-11-8-23-15(19-11)20-17-6-12-3-4-14(22-2)13(5-12)7-21-10-16-9-18-21/h3-6,8-10H,7H2,1-2H3,(H,19,20). The van der Waals surface area contributed by atoms with Crippen LogP contribution >= 0.6 is 11.3 Å². The largest absolute Gasteiger partial charge is 0.496 e. The van der Waals surface area contributed by atoms with Crippen molar-refractivity contribution >= 4 is 22.7 Å². The Labute approximate surface area is 137 Å². The predicted molar refractivity (Wildman–Crippen MR) is 90.2 cm³/mol. The third kappa shape index (κ3) is 3.92. The summed E-state index contributed by atoms with van der Waals surface area (Å²) < 4.78 is 7.14. The van der Waals surface area contributed by atoms with Gasteiger partial charge in [0.1, 0.15) is 18.4 Å². The molecule has 0 fully saturated rings. The van der Waals surface area contributed by atoms with Crippen LogP contribution < -0.4 is 10.2 Å². The number of nitrogens with one attached hydrogen (secondary N) is 1. The molecule has 0 aliphatic carbocycles. The summed E-state index contributed by atoms with van der Waals surface area (Å²) in [7, 11) is 1.65. The van der Waals surface area contributed by atoms with Gasteiger partial charge in [0.25, 0.3) is 0 Å². The van der Waals surface area contributed by atoms with E-state index in [0.717, 1.165) is 27.7 Å². The van der Waals surface area contributed by atoms with Gasteiger partial charge in [-0.2, -0.15) is 10.2 Å². The van der Waals surface area contributed by atoms with E-state index in [1.165, 1.54) is 17.7 Å². The minimum atomic E-state index is 0.587. The van der Waals surface area contributed by atoms with Crippen molar-refractivity contribution in [2.75, 3.05) is 12.5 Å². The Balaban J connectivity index is 1.74. The van der Waals surface area contributed by atoms with Crippen molar-refractivity contribution in [2.24, 2.45) is 5.10 Å². The van der Waals surface area contributed by atoms with Crippen LogP contribution in [0, 0.1) is 6.92 Å². The number of hydrogen-bond donors (Lipinski definition) is 1. The number of rotatable bonds is 6. The molecule has 0 aliphatic heterocycles. The summed E-state index contributed by atoms with van der Waals surface area (Å²) in [6.45, 7) is 2.54. The Kier molecular flexibility index (Phi) is 4.62. The number of hydrogen-bond acceptors (Lipinski definition) is 7. The van der Waals surface area contributed by atoms with Crippen LogP contribution in [0.1, 0.15) is 16.8 Å². The van der Waals surface area contributed by atoms with Gasteiger partial charge in [-0.3, -0.25) is 5.43 Å². The van der Waals surface area contributed by atoms with E-state index in [0.29, 0.717) is 6.54 Å². The zero-order chi connectivity index (χ0) is 16.1. The van der Waals surface area contributed by atoms with Crippen LogP contribution in [0.25, 0.3) is 0 Å². The van der Waals surface area contributed by atoms with Crippen molar-refractivity contribution in [1.82, 2.24) is 19.7 Å². The minimum Gasteiger partial charge on any atom is -0.496 e. The monoisotopic (exact) mass is 328 g/mol. The molecule has 3 aromatic rings. The lowest BCUT2D eigenvalue weighted by Crippen LogP contribution is -2.03. The Morgan fingerprint density at radius 2 is 2.35 bits per heavy atom. The number of ether oxygens (including phenoxy) is 1. The summed E-state index contributed by atoms with van der Waals surface area (Å²) in [5, 5.41) is 11.1. The summed E-state index contributed by atoms with van der Waals surface area (Å²) in [5.41, 5.74) is 5.87. The highest BCUT2D eigenvalue weighted by Crippen LogP contribution is 2.20. The molecule has 0 amide bonds. The van der Waals surface area contributed by atoms with Gasteiger partial charge in [0.2, 0.25) is 5.13 Å². The van der Waals surface area contributed by atoms with Crippen molar-refractivity contribution in [3.63, 3.8) is 0 Å². The van der Waals surface area contributed by atoms with Gasteiger partial charge in [0.05, 0.1) is 25.6 Å². The van der Waals surface area contributed by atoms with Crippen molar-refractivity contribution in [3.8, 4) is 5.75 Å². The Morgan fingerprint density at radius 1 is 1.43 bits per heavy atom. The van der Waals surface area contributed by atoms with Crippen LogP contribution in [0.3, 0.4) is 0 Å². The molecule has 0 aliphatic rings. The molecule has 0 saturated carbocycles. The molecule has 0 saturated heterocycles. The topological polar surface area (TPSA) is 77.2 Å². The molecule has 23 heavy (non-hydrogen) atoms. The van der Waals surface area contributed by atoms with E-state index in [4.69, 9.17) is 4.74 Å². The average molecular weight is 328 g/mol. The summed E-state index contributed by atoms with van der Waals surface area (Å²) in [6.07, 6.45) is 4.94. The maximum Gasteiger partial charge on any atom is 0.203 e. The minimum absolute atomic E-state index is 0.587. The van der Waals surface area contributed by atoms with Gasteiger partial charge in [-0.1, -0.05) is 0 Å². The van der Waals surface area contributed by atoms with E-state index in [-0.39, 0.29) is 0 Å². The number of nitrogens with zero attached hydrogens (tertiary/aromatic N) is 5. The van der Waals surface area contributed by atoms with Crippen molar-refractivity contribution in [2.45, 2.75) is 13.5 Å². The number of hydrazone groups is 1. The third-order valence-electron chi connectivity index (χ3n) is 3.10. The average Bonchev–Trinajstić information content (AvgIpc) is 3.20. The van der Waals surface area contributed by atoms with E-state index < -0.39 is 0 Å². The highest BCUT2D eigenvalue weighted by Gasteiger charge is 2.05. The number of aromatic nitrogens is 4. The summed E-state index contributed by atoms with van der Waals surface area (Å²) in [4.78, 5) is 8.24. The molecule has 1 N–H and O–H groups in total. The summed E-state index contributed by atoms with van der Waals surface area (Å²) >= 11 is 1.52. The second kappa shape index (κ2) is 7.01. The first-order chi connectivity index (χ1) is 11.2. The number of aryl methyl sites for hydroxylation is 1. The number of methoxy groups -OCH3 is 1. The zero-order valence-corrected chi connectivity index (χ0v) is 13.6. The Hall–Kier alpha value is -2.74. The summed E-state index contributed by atoms with van der Waals surface area (Å²) in [5.74, 6) is 0.807. The van der Waals surface area contributed by atoms with Crippen LogP contribution in [0.2, 0.25) is 0 Å². The molecule has 8 heteroatoms. The fourth-order valence-electron chi connectivity index (χ4n) is 2.06. The molecule has 0 radical (unpaired) electrons. The molecule has 0 atom stereocenters. The Morgan fingerprint density at radius 3 is 3.04 bits per heavy atom. The first-order valence-corrected chi connectivity index (χ1v) is 7.83. The van der Waals surface area contributed by atoms with Gasteiger partial charge in [0.15, 0.2) is 0 Å². The fraction of sp³-hybridized carbons (Fsp3) is 0.200. The lowest BCUT2D eigenvalue weighted by atomic mass is 10.1. The second-order valence-electron chi connectivity index (χ2n) is 4.83. The van der Waals surface area contributed by atoms with E-state index in [1.54, 1.807) is 24.3 Å². The molecule has 1 aromatic carbocycles. The van der Waals surface area contributed by atoms with Crippen molar-refractivity contribution in [3.05, 3.63) is 53.1 Å². The second-order valence-corrected chi connectivity index (χ2v) is 5.69. The first kappa shape index (κ1) is 15.2. The molecule has 0 bridgehead atoms. The van der Waals surface area contributed by atoms with Crippen LogP contribution in [0.5, 0.6) is 5.75 Å². The van der Waals surface area contributed by atoms with Crippen LogP contribution in [-0.4, -0.2) is 33.1 Å². The SMILES string of the molecule is COc1ccc(C=NNc2nc(C)cs2)cc1Cn1cncn1. The molecule has 0 unspecified atom stereocenters. The zero-order valence-electron chi connectivity index (χ0n) is 12.8. The van der Waals surface area contributed by atoms with Gasteiger partial charge in [-0.15, -0.1) is 11.3 Å². The van der Waals surface area contributed by atoms with Gasteiger partial charge >= 0.3 is 0 Å². The molecule has 7 nitrogen and oxygen atoms in total. The van der Waals surface area contributed by atoms with Crippen LogP contribution in [-0.2, 0) is 6.54 Å². The van der Waals surface area contributed by atoms with Gasteiger partial charge in [0, 0.05) is 10.9 Å². The van der Waals surface area contributed by atoms with E-state index in [9.17, 15) is 0 Å². The number of anilines is 1. The van der Waals surface area contributed by atoms with E-state index in [1.807, 2.05) is 30.5 Å². The predicted octanol–water partition coefficient (Wildman–Crippen LogP) is 2.55. The molecular weight excluding hydrogens is 312 g/mol. The van der Waals surface area contributed by atoms with Crippen LogP contribution in [0.4, 0.5) is 5.13 Å². The highest BCUT2D eigenvalue weighted by atomic mass is 32.1. The molecule has 0 spiro atoms. The molecular formula is C15H16N6OS. The third-order valence-corrected chi connectivity index (χ3v) is 3.96. The number of thiazole rings is 1. The van der Waals surface area contributed by atoms with E-state index >= 15 is 0 Å². The van der Waals surface area contributed by atoms with Crippen molar-refractivity contribution < 1.29 is 4.74 Å². The normalized spacial score (nSPS) is 11.0. The molecule has 3 rings (SSSR count). The first-order valence-electron chi connectivity index (χ1n) is 6.95. The van der Waals surface area contributed by atoms with E-state index in [2.05, 4.69) is 25.6 Å². The Bertz CT molecular complexity index is 796. The molecule has 2 aromatic heterocycles. The molecule has 2 heterocycles. The maximum atomic E-state index is 5.40. The van der Waals surface area contributed by atoms with Gasteiger partial charge < -0.3 is 4.74 Å². The fourth-order valence-corrected chi connectivity index (χ4v) is 2.70. The lowest BCUT2D eigenvalue weighted by molar-refractivity contribution is 0.407. The van der Waals surface area contributed by atoms with Crippen LogP contribution in [0.15, 0.2) is 41.3 Å². The lowest BCUT2D eigenvalue weighted by Gasteiger charge is -2.09. The maximum absolute atomic E-state index is 5.40. The van der Waals surface area contributed by atoms with Crippen molar-refractivity contribution in [1.29, 1.82) is 0 Å². The highest BCUT2D eigenvalue weighted by molar-refractivity contribution is 7.13. The summed E-state index contributed by atoms with van der Waals surface area (Å²) in [6, 6.07) is 5.88. The van der Waals surface area contributed by atoms with Gasteiger partial charge in [-0.25, -0.2) is 14.6 Å². The molecule has 118 valence electrons. The number of benzene rings is 1.